The van der Waals surface area contributed by atoms with Crippen LogP contribution in [0.5, 0.6) is 11.5 Å². The summed E-state index contributed by atoms with van der Waals surface area (Å²) in [7, 11) is 1.39. The number of rotatable bonds is 7. The molecule has 0 bridgehead atoms. The van der Waals surface area contributed by atoms with Crippen LogP contribution in [0.1, 0.15) is 74.9 Å². The van der Waals surface area contributed by atoms with Crippen molar-refractivity contribution < 1.29 is 54.8 Å². The second-order valence-electron chi connectivity index (χ2n) is 13.4. The molecule has 0 fully saturated rings. The molecule has 2 atom stereocenters. The Morgan fingerprint density at radius 1 is 0.396 bits per heavy atom. The van der Waals surface area contributed by atoms with Gasteiger partial charge in [0.15, 0.2) is 46.0 Å². The molecule has 258 valence electrons. The summed E-state index contributed by atoms with van der Waals surface area (Å²) >= 11 is 0. The van der Waals surface area contributed by atoms with Gasteiger partial charge in [0.1, 0.15) is 0 Å². The minimum Gasteiger partial charge on any atom is -0.491 e. The van der Waals surface area contributed by atoms with Gasteiger partial charge in [-0.2, -0.15) is 17.6 Å². The summed E-state index contributed by atoms with van der Waals surface area (Å²) in [5.41, 5.74) is -13.6. The molecule has 4 rings (SSSR count). The third-order valence-corrected chi connectivity index (χ3v) is 8.44. The van der Waals surface area contributed by atoms with Crippen molar-refractivity contribution in [2.24, 2.45) is 0 Å². The van der Waals surface area contributed by atoms with Crippen LogP contribution in [0.3, 0.4) is 0 Å². The molecule has 12 heteroatoms. The Bertz CT molecular complexity index is 1670. The van der Waals surface area contributed by atoms with Gasteiger partial charge in [-0.25, -0.2) is 17.6 Å². The number of halogens is 8. The van der Waals surface area contributed by atoms with Gasteiger partial charge in [0.2, 0.25) is 23.3 Å². The smallest absolute Gasteiger partial charge is 0.204 e. The Hall–Kier alpha value is -4.16. The van der Waals surface area contributed by atoms with E-state index in [1.807, 2.05) is 0 Å². The van der Waals surface area contributed by atoms with E-state index in [4.69, 9.17) is 0 Å². The fraction of sp³-hybridized carbons (Fsp3) is 0.333. The highest BCUT2D eigenvalue weighted by Gasteiger charge is 2.61. The number of ether oxygens (including phenoxy) is 2. The summed E-state index contributed by atoms with van der Waals surface area (Å²) in [4.78, 5) is 0. The van der Waals surface area contributed by atoms with Crippen LogP contribution < -0.4 is 9.47 Å². The molecule has 48 heavy (non-hydrogen) atoms. The van der Waals surface area contributed by atoms with Gasteiger partial charge < -0.3 is 19.7 Å². The normalized spacial score (nSPS) is 14.8. The van der Waals surface area contributed by atoms with Crippen molar-refractivity contribution in [3.05, 3.63) is 128 Å². The average molecular weight is 683 g/mol. The molecule has 0 heterocycles. The topological polar surface area (TPSA) is 58.9 Å². The molecular formula is C36H34F8O4. The third-order valence-electron chi connectivity index (χ3n) is 8.44. The maximum absolute atomic E-state index is 16.1. The molecule has 4 aromatic rings. The van der Waals surface area contributed by atoms with Gasteiger partial charge in [0, 0.05) is 0 Å². The maximum Gasteiger partial charge on any atom is 0.204 e. The molecule has 0 saturated heterocycles. The van der Waals surface area contributed by atoms with E-state index >= 15 is 35.1 Å². The molecule has 0 aliphatic rings. The van der Waals surface area contributed by atoms with Gasteiger partial charge in [-0.3, -0.25) is 0 Å². The Morgan fingerprint density at radius 3 is 0.792 bits per heavy atom. The average Bonchev–Trinajstić information content (AvgIpc) is 3.02. The Morgan fingerprint density at radius 2 is 0.604 bits per heavy atom. The predicted molar refractivity (Wildman–Crippen MR) is 162 cm³/mol. The largest absolute Gasteiger partial charge is 0.491 e. The van der Waals surface area contributed by atoms with Crippen LogP contribution >= 0.6 is 0 Å². The SMILES string of the molecule is COc1c(F)c(F)c(C(O)(c2ccc(C(C)(C)C)cc2)C(O)(c2ccc(C(C)(C)C)cc2)c2c(F)c(F)c(OC)c(F)c2F)c(F)c1F. The summed E-state index contributed by atoms with van der Waals surface area (Å²) in [5.74, 6) is -21.2. The van der Waals surface area contributed by atoms with Gasteiger partial charge in [0.25, 0.3) is 0 Å². The molecule has 2 N–H and O–H groups in total. The van der Waals surface area contributed by atoms with Crippen LogP contribution in [0, 0.1) is 46.5 Å². The molecule has 0 saturated carbocycles. The predicted octanol–water partition coefficient (Wildman–Crippen LogP) is 8.58. The maximum atomic E-state index is 16.1. The molecule has 0 amide bonds. The highest BCUT2D eigenvalue weighted by Crippen LogP contribution is 2.54. The van der Waals surface area contributed by atoms with Crippen molar-refractivity contribution in [3.8, 4) is 11.5 Å². The molecule has 0 aliphatic heterocycles. The van der Waals surface area contributed by atoms with Crippen LogP contribution in [-0.2, 0) is 22.0 Å². The highest BCUT2D eigenvalue weighted by atomic mass is 19.2. The van der Waals surface area contributed by atoms with Crippen molar-refractivity contribution in [3.63, 3.8) is 0 Å². The van der Waals surface area contributed by atoms with Gasteiger partial charge in [0.05, 0.1) is 25.3 Å². The van der Waals surface area contributed by atoms with Gasteiger partial charge >= 0.3 is 0 Å². The molecule has 2 unspecified atom stereocenters. The second-order valence-corrected chi connectivity index (χ2v) is 13.4. The number of methoxy groups -OCH3 is 2. The lowest BCUT2D eigenvalue weighted by Gasteiger charge is -2.45. The first kappa shape index (κ1) is 36.7. The van der Waals surface area contributed by atoms with Gasteiger partial charge in [-0.15, -0.1) is 0 Å². The summed E-state index contributed by atoms with van der Waals surface area (Å²) in [5, 5.41) is 25.4. The summed E-state index contributed by atoms with van der Waals surface area (Å²) in [6, 6.07) is 9.21. The fourth-order valence-electron chi connectivity index (χ4n) is 5.71. The van der Waals surface area contributed by atoms with Gasteiger partial charge in [-0.1, -0.05) is 90.1 Å². The van der Waals surface area contributed by atoms with E-state index in [2.05, 4.69) is 9.47 Å². The summed E-state index contributed by atoms with van der Waals surface area (Å²) < 4.78 is 135. The first-order valence-electron chi connectivity index (χ1n) is 14.6. The standard InChI is InChI=1S/C36H34F8O4/c1-33(2,3)17-9-13-19(14-10-17)35(45,21-23(37)27(41)31(47-7)28(42)24(21)38)36(46,20-15-11-18(12-16-20)34(4,5)6)22-25(39)29(43)32(48-8)30(44)26(22)40/h9-16,45-46H,1-8H3. The molecular weight excluding hydrogens is 648 g/mol. The first-order chi connectivity index (χ1) is 22.1. The molecule has 0 aliphatic carbocycles. The zero-order valence-electron chi connectivity index (χ0n) is 27.4. The van der Waals surface area contributed by atoms with E-state index in [1.165, 1.54) is 24.3 Å². The lowest BCUT2D eigenvalue weighted by Crippen LogP contribution is -2.53. The number of hydrogen-bond donors (Lipinski definition) is 2. The second kappa shape index (κ2) is 12.4. The van der Waals surface area contributed by atoms with E-state index in [1.54, 1.807) is 41.5 Å². The van der Waals surface area contributed by atoms with E-state index in [-0.39, 0.29) is 0 Å². The van der Waals surface area contributed by atoms with Crippen LogP contribution in [0.25, 0.3) is 0 Å². The van der Waals surface area contributed by atoms with Crippen molar-refractivity contribution in [2.45, 2.75) is 63.6 Å². The number of aliphatic hydroxyl groups is 2. The molecule has 0 radical (unpaired) electrons. The lowest BCUT2D eigenvalue weighted by molar-refractivity contribution is -0.121. The van der Waals surface area contributed by atoms with E-state index < -0.39 is 102 Å². The van der Waals surface area contributed by atoms with Crippen molar-refractivity contribution in [2.75, 3.05) is 14.2 Å². The Balaban J connectivity index is 2.35. The minimum atomic E-state index is -3.98. The zero-order chi connectivity index (χ0) is 36.3. The molecule has 0 aromatic heterocycles. The van der Waals surface area contributed by atoms with E-state index in [0.29, 0.717) is 25.3 Å². The summed E-state index contributed by atoms with van der Waals surface area (Å²) in [6.45, 7) is 10.7. The van der Waals surface area contributed by atoms with Crippen LogP contribution in [0.2, 0.25) is 0 Å². The van der Waals surface area contributed by atoms with E-state index in [9.17, 15) is 10.2 Å². The zero-order valence-corrected chi connectivity index (χ0v) is 27.4. The number of hydrogen-bond acceptors (Lipinski definition) is 4. The minimum absolute atomic E-state index is 0.540. The van der Waals surface area contributed by atoms with Crippen LogP contribution in [0.4, 0.5) is 35.1 Å². The summed E-state index contributed by atoms with van der Waals surface area (Å²) in [6.07, 6.45) is 0. The monoisotopic (exact) mass is 682 g/mol. The molecule has 0 spiro atoms. The van der Waals surface area contributed by atoms with Crippen LogP contribution in [-0.4, -0.2) is 24.4 Å². The van der Waals surface area contributed by atoms with Gasteiger partial charge in [-0.05, 0) is 33.1 Å². The Kier molecular flexibility index (Phi) is 9.46. The first-order valence-corrected chi connectivity index (χ1v) is 14.6. The van der Waals surface area contributed by atoms with Crippen molar-refractivity contribution in [1.82, 2.24) is 0 Å². The third kappa shape index (κ3) is 5.48. The Labute approximate surface area is 272 Å². The lowest BCUT2D eigenvalue weighted by atomic mass is 9.65. The number of benzene rings is 4. The highest BCUT2D eigenvalue weighted by molar-refractivity contribution is 5.55. The van der Waals surface area contributed by atoms with E-state index in [0.717, 1.165) is 24.3 Å². The van der Waals surface area contributed by atoms with Crippen molar-refractivity contribution >= 4 is 0 Å². The quantitative estimate of drug-likeness (QED) is 0.152. The molecule has 4 aromatic carbocycles. The fourth-order valence-corrected chi connectivity index (χ4v) is 5.71. The molecule has 4 nitrogen and oxygen atoms in total. The van der Waals surface area contributed by atoms with Crippen molar-refractivity contribution in [1.29, 1.82) is 0 Å². The van der Waals surface area contributed by atoms with Crippen LogP contribution in [0.15, 0.2) is 48.5 Å².